The minimum Gasteiger partial charge on any atom is -0.415 e. The van der Waals surface area contributed by atoms with Gasteiger partial charge in [-0.15, -0.1) is 0 Å². The van der Waals surface area contributed by atoms with Gasteiger partial charge in [0.2, 0.25) is 0 Å². The van der Waals surface area contributed by atoms with Crippen LogP contribution in [0.25, 0.3) is 10.9 Å². The first-order chi connectivity index (χ1) is 9.22. The molecule has 0 bridgehead atoms. The summed E-state index contributed by atoms with van der Waals surface area (Å²) in [5.41, 5.74) is 0.994. The first-order valence-electron chi connectivity index (χ1n) is 6.96. The number of rotatable bonds is 4. The van der Waals surface area contributed by atoms with Gasteiger partial charge in [-0.1, -0.05) is 32.4 Å². The Labute approximate surface area is 127 Å². The fourth-order valence-corrected chi connectivity index (χ4v) is 3.22. The molecule has 2 rings (SSSR count). The average Bonchev–Trinajstić information content (AvgIpc) is 2.72. The molecule has 0 radical (unpaired) electrons. The number of halogens is 1. The fraction of sp³-hybridized carbons (Fsp3) is 0.533. The molecule has 20 heavy (non-hydrogen) atoms. The number of hydrogen-bond acceptors (Lipinski definition) is 2. The first-order valence-corrected chi connectivity index (χ1v) is 10.2. The Bertz CT molecular complexity index is 601. The van der Waals surface area contributed by atoms with E-state index >= 15 is 0 Å². The van der Waals surface area contributed by atoms with Crippen molar-refractivity contribution < 1.29 is 4.43 Å². The monoisotopic (exact) mass is 310 g/mol. The van der Waals surface area contributed by atoms with Gasteiger partial charge >= 0.3 is 0 Å². The molecular formula is C15H23ClN2OSi. The molecular weight excluding hydrogens is 288 g/mol. The average molecular weight is 311 g/mol. The molecule has 0 aliphatic heterocycles. The first kappa shape index (κ1) is 15.5. The number of nitrogens with zero attached hydrogens (tertiary/aromatic N) is 2. The van der Waals surface area contributed by atoms with Crippen LogP contribution in [0.5, 0.6) is 0 Å². The van der Waals surface area contributed by atoms with Crippen LogP contribution in [0.3, 0.4) is 0 Å². The molecule has 2 heterocycles. The molecule has 0 aromatic carbocycles. The SMILES string of the molecule is CC(C)(C)[Si](C)(C)OCCn1ccc2ccnc(Cl)c21. The normalized spacial score (nSPS) is 13.1. The Morgan fingerprint density at radius 2 is 2.00 bits per heavy atom. The molecule has 5 heteroatoms. The quantitative estimate of drug-likeness (QED) is 0.604. The molecule has 0 N–H and O–H groups in total. The second-order valence-corrected chi connectivity index (χ2v) is 11.8. The van der Waals surface area contributed by atoms with Gasteiger partial charge in [-0.05, 0) is 30.3 Å². The molecule has 0 atom stereocenters. The predicted octanol–water partition coefficient (Wildman–Crippen LogP) is 4.71. The van der Waals surface area contributed by atoms with Gasteiger partial charge < -0.3 is 8.99 Å². The molecule has 0 aliphatic rings. The molecule has 0 amide bonds. The molecule has 2 aromatic rings. The largest absolute Gasteiger partial charge is 0.415 e. The van der Waals surface area contributed by atoms with Crippen molar-refractivity contribution in [1.29, 1.82) is 0 Å². The van der Waals surface area contributed by atoms with Crippen molar-refractivity contribution in [2.45, 2.75) is 45.4 Å². The van der Waals surface area contributed by atoms with Crippen LogP contribution < -0.4 is 0 Å². The smallest absolute Gasteiger partial charge is 0.192 e. The van der Waals surface area contributed by atoms with Crippen LogP contribution in [0, 0.1) is 0 Å². The third-order valence-electron chi connectivity index (χ3n) is 4.23. The van der Waals surface area contributed by atoms with Crippen molar-refractivity contribution in [3.63, 3.8) is 0 Å². The van der Waals surface area contributed by atoms with E-state index in [-0.39, 0.29) is 5.04 Å². The lowest BCUT2D eigenvalue weighted by Gasteiger charge is -2.36. The Morgan fingerprint density at radius 3 is 2.65 bits per heavy atom. The Morgan fingerprint density at radius 1 is 1.30 bits per heavy atom. The lowest BCUT2D eigenvalue weighted by Crippen LogP contribution is -2.41. The highest BCUT2D eigenvalue weighted by Crippen LogP contribution is 2.36. The van der Waals surface area contributed by atoms with Crippen LogP contribution in [0.15, 0.2) is 24.5 Å². The second-order valence-electron chi connectivity index (χ2n) is 6.66. The van der Waals surface area contributed by atoms with Gasteiger partial charge in [-0.3, -0.25) is 0 Å². The lowest BCUT2D eigenvalue weighted by atomic mass is 10.2. The number of fused-ring (bicyclic) bond motifs is 1. The number of hydrogen-bond donors (Lipinski definition) is 0. The molecule has 3 nitrogen and oxygen atoms in total. The van der Waals surface area contributed by atoms with Crippen molar-refractivity contribution in [3.05, 3.63) is 29.7 Å². The Hall–Kier alpha value is -0.843. The van der Waals surface area contributed by atoms with Gasteiger partial charge in [0.25, 0.3) is 0 Å². The van der Waals surface area contributed by atoms with E-state index < -0.39 is 8.32 Å². The maximum absolute atomic E-state index is 6.21. The molecule has 0 aliphatic carbocycles. The molecule has 0 fully saturated rings. The minimum atomic E-state index is -1.68. The maximum Gasteiger partial charge on any atom is 0.192 e. The van der Waals surface area contributed by atoms with Crippen molar-refractivity contribution in [2.75, 3.05) is 6.61 Å². The van der Waals surface area contributed by atoms with E-state index in [2.05, 4.69) is 49.5 Å². The predicted molar refractivity (Wildman–Crippen MR) is 87.9 cm³/mol. The van der Waals surface area contributed by atoms with E-state index in [1.807, 2.05) is 12.3 Å². The summed E-state index contributed by atoms with van der Waals surface area (Å²) in [4.78, 5) is 4.15. The van der Waals surface area contributed by atoms with Crippen molar-refractivity contribution in [1.82, 2.24) is 9.55 Å². The van der Waals surface area contributed by atoms with Crippen LogP contribution in [-0.4, -0.2) is 24.5 Å². The van der Waals surface area contributed by atoms with E-state index in [1.54, 1.807) is 6.20 Å². The van der Waals surface area contributed by atoms with Gasteiger partial charge in [0.05, 0.1) is 12.1 Å². The van der Waals surface area contributed by atoms with Crippen LogP contribution in [0.2, 0.25) is 23.3 Å². The van der Waals surface area contributed by atoms with Crippen LogP contribution in [0.1, 0.15) is 20.8 Å². The zero-order chi connectivity index (χ0) is 15.0. The van der Waals surface area contributed by atoms with E-state index in [9.17, 15) is 0 Å². The summed E-state index contributed by atoms with van der Waals surface area (Å²) in [5, 5.41) is 1.92. The maximum atomic E-state index is 6.21. The summed E-state index contributed by atoms with van der Waals surface area (Å²) in [7, 11) is -1.68. The van der Waals surface area contributed by atoms with Crippen molar-refractivity contribution in [2.24, 2.45) is 0 Å². The van der Waals surface area contributed by atoms with E-state index in [0.717, 1.165) is 17.4 Å². The van der Waals surface area contributed by atoms with Gasteiger partial charge in [0.15, 0.2) is 13.5 Å². The second kappa shape index (κ2) is 5.51. The van der Waals surface area contributed by atoms with Crippen molar-refractivity contribution >= 4 is 30.8 Å². The molecule has 0 saturated heterocycles. The van der Waals surface area contributed by atoms with Crippen molar-refractivity contribution in [3.8, 4) is 0 Å². The summed E-state index contributed by atoms with van der Waals surface area (Å²) < 4.78 is 8.33. The van der Waals surface area contributed by atoms with Crippen LogP contribution in [-0.2, 0) is 11.0 Å². The van der Waals surface area contributed by atoms with Gasteiger partial charge in [0.1, 0.15) is 0 Å². The van der Waals surface area contributed by atoms with Crippen LogP contribution >= 0.6 is 11.6 Å². The highest BCUT2D eigenvalue weighted by atomic mass is 35.5. The third kappa shape index (κ3) is 3.08. The Balaban J connectivity index is 2.08. The summed E-state index contributed by atoms with van der Waals surface area (Å²) in [6.07, 6.45) is 3.79. The summed E-state index contributed by atoms with van der Waals surface area (Å²) in [6.45, 7) is 12.8. The standard InChI is InChI=1S/C15H23ClN2OSi/c1-15(2,3)20(4,5)19-11-10-18-9-7-12-6-8-17-14(16)13(12)18/h6-9H,10-11H2,1-5H3. The zero-order valence-electron chi connectivity index (χ0n) is 12.9. The molecule has 0 saturated carbocycles. The molecule has 2 aromatic heterocycles. The summed E-state index contributed by atoms with van der Waals surface area (Å²) >= 11 is 6.18. The lowest BCUT2D eigenvalue weighted by molar-refractivity contribution is 0.273. The van der Waals surface area contributed by atoms with E-state index in [4.69, 9.17) is 16.0 Å². The molecule has 0 unspecified atom stereocenters. The van der Waals surface area contributed by atoms with E-state index in [0.29, 0.717) is 11.8 Å². The van der Waals surface area contributed by atoms with Crippen LogP contribution in [0.4, 0.5) is 0 Å². The third-order valence-corrected chi connectivity index (χ3v) is 9.05. The minimum absolute atomic E-state index is 0.241. The highest BCUT2D eigenvalue weighted by Gasteiger charge is 2.36. The zero-order valence-corrected chi connectivity index (χ0v) is 14.7. The Kier molecular flexibility index (Phi) is 4.28. The number of aromatic nitrogens is 2. The summed E-state index contributed by atoms with van der Waals surface area (Å²) in [6, 6.07) is 4.04. The molecule has 110 valence electrons. The van der Waals surface area contributed by atoms with E-state index in [1.165, 1.54) is 0 Å². The number of pyridine rings is 1. The summed E-state index contributed by atoms with van der Waals surface area (Å²) in [5.74, 6) is 0. The highest BCUT2D eigenvalue weighted by molar-refractivity contribution is 6.74. The van der Waals surface area contributed by atoms with Gasteiger partial charge in [0, 0.05) is 24.3 Å². The van der Waals surface area contributed by atoms with Gasteiger partial charge in [-0.2, -0.15) is 0 Å². The fourth-order valence-electron chi connectivity index (χ4n) is 1.91. The molecule has 0 spiro atoms. The van der Waals surface area contributed by atoms with Gasteiger partial charge in [-0.25, -0.2) is 4.98 Å². The topological polar surface area (TPSA) is 27.1 Å².